The van der Waals surface area contributed by atoms with Gasteiger partial charge in [0.05, 0.1) is 20.7 Å². The minimum absolute atomic E-state index is 0.0339. The maximum absolute atomic E-state index is 10.6. The Labute approximate surface area is 107 Å². The number of benzene rings is 1. The summed E-state index contributed by atoms with van der Waals surface area (Å²) in [6, 6.07) is 7.88. The highest BCUT2D eigenvalue weighted by Crippen LogP contribution is 2.27. The minimum atomic E-state index is -0.234. The van der Waals surface area contributed by atoms with E-state index in [0.29, 0.717) is 11.0 Å². The van der Waals surface area contributed by atoms with Gasteiger partial charge in [0.2, 0.25) is 0 Å². The molecule has 1 heterocycles. The average Bonchev–Trinajstić information content (AvgIpc) is 3.20. The lowest BCUT2D eigenvalue weighted by Crippen LogP contribution is -2.54. The first-order valence-corrected chi connectivity index (χ1v) is 5.96. The molecule has 0 saturated carbocycles. The fraction of sp³-hybridized carbons (Fsp3) is 0.462. The minimum Gasteiger partial charge on any atom is -0.412 e. The second-order valence-corrected chi connectivity index (χ2v) is 5.00. The Morgan fingerprint density at radius 3 is 2.56 bits per heavy atom. The normalized spacial score (nSPS) is 20.3. The van der Waals surface area contributed by atoms with Crippen molar-refractivity contribution < 1.29 is 14.6 Å². The first-order chi connectivity index (χ1) is 8.59. The maximum Gasteiger partial charge on any atom is 0.297 e. The third kappa shape index (κ3) is 2.53. The van der Waals surface area contributed by atoms with E-state index in [9.17, 15) is 4.79 Å². The van der Waals surface area contributed by atoms with Crippen LogP contribution in [0.5, 0.6) is 0 Å². The van der Waals surface area contributed by atoms with Gasteiger partial charge in [-0.3, -0.25) is 9.28 Å². The molecule has 2 atom stereocenters. The molecule has 5 heteroatoms. The molecule has 0 aromatic heterocycles. The van der Waals surface area contributed by atoms with Crippen molar-refractivity contribution in [1.29, 1.82) is 0 Å². The first-order valence-electron chi connectivity index (χ1n) is 5.96. The first kappa shape index (κ1) is 13.0. The molecule has 98 valence electrons. The second kappa shape index (κ2) is 5.06. The van der Waals surface area contributed by atoms with Gasteiger partial charge in [-0.15, -0.1) is 0 Å². The van der Waals surface area contributed by atoms with Gasteiger partial charge in [0, 0.05) is 6.54 Å². The van der Waals surface area contributed by atoms with E-state index in [4.69, 9.17) is 9.84 Å². The summed E-state index contributed by atoms with van der Waals surface area (Å²) in [5, 5.41) is 12.2. The number of likely N-dealkylation sites (N-methyl/N-ethyl adjacent to an activating group) is 1. The van der Waals surface area contributed by atoms with Gasteiger partial charge in [0.1, 0.15) is 11.7 Å². The smallest absolute Gasteiger partial charge is 0.297 e. The van der Waals surface area contributed by atoms with E-state index in [0.717, 1.165) is 17.8 Å². The van der Waals surface area contributed by atoms with Gasteiger partial charge in [-0.1, -0.05) is 12.1 Å². The number of nitrogens with one attached hydrogen (secondary N) is 1. The standard InChI is InChI=1S/C13H19N2O3/c1-15(2,13(18-9-17)12-7-14-12)11-5-3-10(8-16)4-6-11/h3-6,9,12-14,16H,7-8H2,1-2H3/q+1. The van der Waals surface area contributed by atoms with Crippen LogP contribution in [0.1, 0.15) is 5.56 Å². The molecule has 18 heavy (non-hydrogen) atoms. The number of carbonyl (C=O) groups excluding carboxylic acids is 1. The quantitative estimate of drug-likeness (QED) is 0.328. The zero-order valence-corrected chi connectivity index (χ0v) is 10.7. The molecule has 1 aromatic rings. The highest BCUT2D eigenvalue weighted by Gasteiger charge is 2.44. The molecule has 5 nitrogen and oxygen atoms in total. The van der Waals surface area contributed by atoms with Crippen molar-refractivity contribution in [2.45, 2.75) is 18.9 Å². The van der Waals surface area contributed by atoms with Crippen molar-refractivity contribution in [3.63, 3.8) is 0 Å². The molecule has 2 N–H and O–H groups in total. The molecule has 0 amide bonds. The predicted octanol–water partition coefficient (Wildman–Crippen LogP) is 0.217. The Bertz CT molecular complexity index is 413. The van der Waals surface area contributed by atoms with Crippen LogP contribution in [0.4, 0.5) is 5.69 Å². The molecule has 1 aliphatic heterocycles. The van der Waals surface area contributed by atoms with Gasteiger partial charge in [-0.2, -0.15) is 0 Å². The molecule has 0 bridgehead atoms. The maximum atomic E-state index is 10.6. The SMILES string of the molecule is C[N+](C)(c1ccc(CO)cc1)C(OC=O)C1CN1. The van der Waals surface area contributed by atoms with Gasteiger partial charge >= 0.3 is 0 Å². The van der Waals surface area contributed by atoms with E-state index in [2.05, 4.69) is 5.32 Å². The molecule has 1 saturated heterocycles. The molecule has 0 radical (unpaired) electrons. The largest absolute Gasteiger partial charge is 0.412 e. The third-order valence-corrected chi connectivity index (χ3v) is 3.40. The van der Waals surface area contributed by atoms with Crippen molar-refractivity contribution >= 4 is 12.2 Å². The van der Waals surface area contributed by atoms with E-state index < -0.39 is 0 Å². The zero-order chi connectivity index (χ0) is 13.2. The topological polar surface area (TPSA) is 68.5 Å². The Morgan fingerprint density at radius 1 is 1.50 bits per heavy atom. The van der Waals surface area contributed by atoms with E-state index >= 15 is 0 Å². The van der Waals surface area contributed by atoms with Crippen LogP contribution in [-0.4, -0.2) is 44.5 Å². The van der Waals surface area contributed by atoms with Crippen molar-refractivity contribution in [2.24, 2.45) is 0 Å². The van der Waals surface area contributed by atoms with Crippen LogP contribution in [0.15, 0.2) is 24.3 Å². The molecule has 1 fully saturated rings. The summed E-state index contributed by atoms with van der Waals surface area (Å²) in [5.41, 5.74) is 1.91. The van der Waals surface area contributed by atoms with Crippen molar-refractivity contribution in [3.8, 4) is 0 Å². The van der Waals surface area contributed by atoms with Crippen LogP contribution in [0.3, 0.4) is 0 Å². The number of hydrogen-bond donors (Lipinski definition) is 2. The van der Waals surface area contributed by atoms with Crippen molar-refractivity contribution in [1.82, 2.24) is 9.80 Å². The Morgan fingerprint density at radius 2 is 2.11 bits per heavy atom. The Hall–Kier alpha value is -1.43. The molecule has 1 aliphatic rings. The summed E-state index contributed by atoms with van der Waals surface area (Å²) in [4.78, 5) is 10.6. The summed E-state index contributed by atoms with van der Waals surface area (Å²) in [6.45, 7) is 1.41. The molecular weight excluding hydrogens is 232 g/mol. The predicted molar refractivity (Wildman–Crippen MR) is 68.7 cm³/mol. The lowest BCUT2D eigenvalue weighted by atomic mass is 10.1. The van der Waals surface area contributed by atoms with E-state index in [1.54, 1.807) is 0 Å². The van der Waals surface area contributed by atoms with Crippen molar-refractivity contribution in [3.05, 3.63) is 29.8 Å². The monoisotopic (exact) mass is 251 g/mol. The van der Waals surface area contributed by atoms with Crippen LogP contribution in [-0.2, 0) is 16.1 Å². The molecule has 0 spiro atoms. The number of quaternary nitrogens is 1. The van der Waals surface area contributed by atoms with E-state index in [-0.39, 0.29) is 18.9 Å². The molecule has 2 unspecified atom stereocenters. The molecule has 2 rings (SSSR count). The van der Waals surface area contributed by atoms with Crippen LogP contribution >= 0.6 is 0 Å². The molecule has 0 aliphatic carbocycles. The number of hydrogen-bond acceptors (Lipinski definition) is 4. The third-order valence-electron chi connectivity index (χ3n) is 3.40. The Balaban J connectivity index is 2.23. The van der Waals surface area contributed by atoms with Gasteiger partial charge in [-0.05, 0) is 17.7 Å². The van der Waals surface area contributed by atoms with Crippen LogP contribution in [0, 0.1) is 0 Å². The number of aliphatic hydroxyl groups is 1. The number of aliphatic hydroxyl groups excluding tert-OH is 1. The van der Waals surface area contributed by atoms with Gasteiger partial charge in [0.25, 0.3) is 12.7 Å². The van der Waals surface area contributed by atoms with Crippen LogP contribution in [0.25, 0.3) is 0 Å². The number of nitrogens with zero attached hydrogens (tertiary/aromatic N) is 1. The van der Waals surface area contributed by atoms with Crippen molar-refractivity contribution in [2.75, 3.05) is 20.6 Å². The molecular formula is C13H19N2O3+. The number of carbonyl (C=O) groups is 1. The highest BCUT2D eigenvalue weighted by molar-refractivity contribution is 5.46. The lowest BCUT2D eigenvalue weighted by molar-refractivity contribution is -0.140. The number of ether oxygens (including phenoxy) is 1. The fourth-order valence-corrected chi connectivity index (χ4v) is 2.16. The lowest BCUT2D eigenvalue weighted by Gasteiger charge is -2.35. The fourth-order valence-electron chi connectivity index (χ4n) is 2.16. The Kier molecular flexibility index (Phi) is 3.65. The van der Waals surface area contributed by atoms with E-state index in [1.807, 2.05) is 38.4 Å². The average molecular weight is 251 g/mol. The summed E-state index contributed by atoms with van der Waals surface area (Å²) in [6.07, 6.45) is -0.234. The highest BCUT2D eigenvalue weighted by atomic mass is 16.5. The van der Waals surface area contributed by atoms with Crippen LogP contribution in [0.2, 0.25) is 0 Å². The van der Waals surface area contributed by atoms with Gasteiger partial charge in [0.15, 0.2) is 0 Å². The summed E-state index contributed by atoms with van der Waals surface area (Å²) < 4.78 is 5.68. The van der Waals surface area contributed by atoms with Gasteiger partial charge < -0.3 is 15.2 Å². The second-order valence-electron chi connectivity index (χ2n) is 5.00. The number of rotatable bonds is 6. The zero-order valence-electron chi connectivity index (χ0n) is 10.7. The molecule has 1 aromatic carbocycles. The summed E-state index contributed by atoms with van der Waals surface area (Å²) in [5.74, 6) is 0. The van der Waals surface area contributed by atoms with E-state index in [1.165, 1.54) is 0 Å². The summed E-state index contributed by atoms with van der Waals surface area (Å²) in [7, 11) is 4.00. The van der Waals surface area contributed by atoms with Gasteiger partial charge in [-0.25, -0.2) is 0 Å². The van der Waals surface area contributed by atoms with Crippen LogP contribution < -0.4 is 9.80 Å². The summed E-state index contributed by atoms with van der Waals surface area (Å²) >= 11 is 0.